The normalized spacial score (nSPS) is 21.1. The monoisotopic (exact) mass is 432 g/mol. The van der Waals surface area contributed by atoms with Crippen molar-refractivity contribution in [2.24, 2.45) is 4.99 Å². The summed E-state index contributed by atoms with van der Waals surface area (Å²) in [5.74, 6) is 0. The van der Waals surface area contributed by atoms with E-state index in [1.807, 2.05) is 0 Å². The molecular formula is C31H32N2. The predicted octanol–water partition coefficient (Wildman–Crippen LogP) is 7.34. The van der Waals surface area contributed by atoms with Gasteiger partial charge in [-0.15, -0.1) is 0 Å². The highest BCUT2D eigenvalue weighted by atomic mass is 14.8. The maximum Gasteiger partial charge on any atom is 0.0965 e. The highest BCUT2D eigenvalue weighted by Gasteiger charge is 2.41. The molecule has 1 aliphatic carbocycles. The number of hydrogen-bond donors (Lipinski definition) is 1. The molecule has 0 spiro atoms. The molecule has 166 valence electrons. The van der Waals surface area contributed by atoms with Gasteiger partial charge in [0.05, 0.1) is 17.1 Å². The summed E-state index contributed by atoms with van der Waals surface area (Å²) in [5.41, 5.74) is 14.4. The second kappa shape index (κ2) is 7.66. The topological polar surface area (TPSA) is 36.2 Å². The Labute approximate surface area is 197 Å². The number of allylic oxidation sites excluding steroid dienone is 1. The van der Waals surface area contributed by atoms with Gasteiger partial charge in [-0.1, -0.05) is 60.0 Å². The molecular weight excluding hydrogens is 400 g/mol. The Morgan fingerprint density at radius 2 is 1.48 bits per heavy atom. The van der Waals surface area contributed by atoms with E-state index in [2.05, 4.69) is 96.1 Å². The SMILES string of the molecule is Cc1cc(C)cc(C2=N/C(c3c(C)cccc3C)=C\C[C@@]3(C)Cc4cc(C)cc(c43)C2=N)c1. The molecule has 0 aromatic heterocycles. The Morgan fingerprint density at radius 3 is 2.15 bits per heavy atom. The molecule has 3 aromatic rings. The van der Waals surface area contributed by atoms with Crippen LogP contribution in [0.3, 0.4) is 0 Å². The second-order valence-electron chi connectivity index (χ2n) is 10.4. The lowest BCUT2D eigenvalue weighted by Crippen LogP contribution is -2.38. The van der Waals surface area contributed by atoms with Crippen LogP contribution in [0.25, 0.3) is 5.70 Å². The van der Waals surface area contributed by atoms with Gasteiger partial charge in [-0.05, 0) is 87.9 Å². The third kappa shape index (κ3) is 3.58. The first-order chi connectivity index (χ1) is 15.7. The molecule has 0 bridgehead atoms. The molecule has 1 atom stereocenters. The number of nitrogens with one attached hydrogen (secondary N) is 1. The molecule has 1 N–H and O–H groups in total. The fourth-order valence-electron chi connectivity index (χ4n) is 5.86. The molecule has 2 heteroatoms. The number of nitrogens with zero attached hydrogens (tertiary/aromatic N) is 1. The van der Waals surface area contributed by atoms with Crippen LogP contribution in [0, 0.1) is 40.0 Å². The predicted molar refractivity (Wildman–Crippen MR) is 140 cm³/mol. The van der Waals surface area contributed by atoms with Crippen molar-refractivity contribution in [3.63, 3.8) is 0 Å². The van der Waals surface area contributed by atoms with Crippen LogP contribution >= 0.6 is 0 Å². The van der Waals surface area contributed by atoms with E-state index >= 15 is 0 Å². The van der Waals surface area contributed by atoms with Crippen LogP contribution in [0.2, 0.25) is 0 Å². The minimum Gasteiger partial charge on any atom is -0.298 e. The summed E-state index contributed by atoms with van der Waals surface area (Å²) in [7, 11) is 0. The highest BCUT2D eigenvalue weighted by Crippen LogP contribution is 2.48. The first-order valence-corrected chi connectivity index (χ1v) is 11.8. The molecule has 0 saturated carbocycles. The van der Waals surface area contributed by atoms with Crippen LogP contribution in [0.1, 0.15) is 69.0 Å². The zero-order valence-electron chi connectivity index (χ0n) is 20.6. The van der Waals surface area contributed by atoms with Crippen molar-refractivity contribution in [2.45, 2.75) is 59.8 Å². The van der Waals surface area contributed by atoms with Gasteiger partial charge in [-0.3, -0.25) is 5.41 Å². The summed E-state index contributed by atoms with van der Waals surface area (Å²) in [4.78, 5) is 5.29. The van der Waals surface area contributed by atoms with E-state index in [9.17, 15) is 5.41 Å². The van der Waals surface area contributed by atoms with Crippen molar-refractivity contribution in [3.05, 3.63) is 110 Å². The molecule has 5 rings (SSSR count). The summed E-state index contributed by atoms with van der Waals surface area (Å²) in [6.45, 7) is 13.0. The van der Waals surface area contributed by atoms with Gasteiger partial charge in [0.1, 0.15) is 0 Å². The maximum atomic E-state index is 9.44. The molecule has 1 aliphatic heterocycles. The van der Waals surface area contributed by atoms with E-state index in [0.717, 1.165) is 35.4 Å². The molecule has 33 heavy (non-hydrogen) atoms. The van der Waals surface area contributed by atoms with Gasteiger partial charge < -0.3 is 0 Å². The van der Waals surface area contributed by atoms with Crippen LogP contribution in [0.4, 0.5) is 0 Å². The fraction of sp³-hybridized carbons (Fsp3) is 0.290. The Bertz CT molecular complexity index is 1350. The summed E-state index contributed by atoms with van der Waals surface area (Å²) in [6.07, 6.45) is 4.30. The Balaban J connectivity index is 1.82. The molecule has 1 heterocycles. The zero-order chi connectivity index (χ0) is 23.5. The lowest BCUT2D eigenvalue weighted by atomic mass is 9.61. The van der Waals surface area contributed by atoms with Gasteiger partial charge in [0.25, 0.3) is 0 Å². The molecule has 0 radical (unpaired) electrons. The highest BCUT2D eigenvalue weighted by molar-refractivity contribution is 6.53. The number of hydrogen-bond acceptors (Lipinski definition) is 2. The van der Waals surface area contributed by atoms with Gasteiger partial charge in [-0.2, -0.15) is 0 Å². The smallest absolute Gasteiger partial charge is 0.0965 e. The van der Waals surface area contributed by atoms with E-state index in [1.54, 1.807) is 0 Å². The average molecular weight is 433 g/mol. The van der Waals surface area contributed by atoms with Crippen molar-refractivity contribution < 1.29 is 0 Å². The molecule has 0 fully saturated rings. The van der Waals surface area contributed by atoms with Crippen molar-refractivity contribution in [3.8, 4) is 0 Å². The molecule has 0 saturated heterocycles. The van der Waals surface area contributed by atoms with Gasteiger partial charge in [0.2, 0.25) is 0 Å². The van der Waals surface area contributed by atoms with E-state index < -0.39 is 0 Å². The summed E-state index contributed by atoms with van der Waals surface area (Å²) in [6, 6.07) is 17.4. The Kier molecular flexibility index (Phi) is 5.01. The zero-order valence-corrected chi connectivity index (χ0v) is 20.6. The standard InChI is InChI=1S/C31H32N2/c1-18-12-19(2)14-23(13-18)30-29(32)25-16-20(3)15-24-17-31(6,28(24)25)11-10-26(33-30)27-21(4)8-7-9-22(27)5/h7-10,12-16,32H,11,17H2,1-6H3/b26-10-,32-29?,33-30?/t31-/m0/s1. The third-order valence-electron chi connectivity index (χ3n) is 7.27. The van der Waals surface area contributed by atoms with Crippen molar-refractivity contribution in [2.75, 3.05) is 0 Å². The third-order valence-corrected chi connectivity index (χ3v) is 7.27. The number of aliphatic imine (C=N–C) groups is 1. The molecule has 0 amide bonds. The Hall–Kier alpha value is -3.26. The quantitative estimate of drug-likeness (QED) is 0.440. The average Bonchev–Trinajstić information content (AvgIpc) is 2.75. The van der Waals surface area contributed by atoms with Crippen LogP contribution in [0.15, 0.2) is 59.6 Å². The first kappa shape index (κ1) is 21.6. The van der Waals surface area contributed by atoms with Gasteiger partial charge in [0.15, 0.2) is 0 Å². The van der Waals surface area contributed by atoms with Crippen LogP contribution in [-0.2, 0) is 11.8 Å². The van der Waals surface area contributed by atoms with E-state index in [1.165, 1.54) is 44.5 Å². The number of rotatable bonds is 2. The van der Waals surface area contributed by atoms with Crippen LogP contribution in [-0.4, -0.2) is 11.4 Å². The lowest BCUT2D eigenvalue weighted by Gasteiger charge is -2.43. The van der Waals surface area contributed by atoms with Gasteiger partial charge in [0, 0.05) is 22.1 Å². The van der Waals surface area contributed by atoms with Crippen molar-refractivity contribution >= 4 is 17.1 Å². The summed E-state index contributed by atoms with van der Waals surface area (Å²) in [5, 5.41) is 9.44. The van der Waals surface area contributed by atoms with E-state index in [0.29, 0.717) is 5.71 Å². The van der Waals surface area contributed by atoms with Crippen LogP contribution < -0.4 is 0 Å². The Morgan fingerprint density at radius 1 is 0.848 bits per heavy atom. The van der Waals surface area contributed by atoms with Crippen LogP contribution in [0.5, 0.6) is 0 Å². The van der Waals surface area contributed by atoms with E-state index in [-0.39, 0.29) is 5.41 Å². The van der Waals surface area contributed by atoms with Gasteiger partial charge in [-0.25, -0.2) is 4.99 Å². The molecule has 2 aliphatic rings. The lowest BCUT2D eigenvalue weighted by molar-refractivity contribution is 0.414. The number of benzene rings is 3. The summed E-state index contributed by atoms with van der Waals surface area (Å²) >= 11 is 0. The van der Waals surface area contributed by atoms with Crippen molar-refractivity contribution in [1.29, 1.82) is 5.41 Å². The van der Waals surface area contributed by atoms with E-state index in [4.69, 9.17) is 4.99 Å². The summed E-state index contributed by atoms with van der Waals surface area (Å²) < 4.78 is 0. The maximum absolute atomic E-state index is 9.44. The first-order valence-electron chi connectivity index (χ1n) is 11.8. The van der Waals surface area contributed by atoms with Crippen molar-refractivity contribution in [1.82, 2.24) is 0 Å². The number of aryl methyl sites for hydroxylation is 5. The molecule has 2 nitrogen and oxygen atoms in total. The fourth-order valence-corrected chi connectivity index (χ4v) is 5.86. The minimum atomic E-state index is 0.0417. The molecule has 3 aromatic carbocycles. The second-order valence-corrected chi connectivity index (χ2v) is 10.4. The largest absolute Gasteiger partial charge is 0.298 e. The minimum absolute atomic E-state index is 0.0417. The molecule has 0 unspecified atom stereocenters. The van der Waals surface area contributed by atoms with Gasteiger partial charge >= 0.3 is 0 Å².